The molecule has 1 aliphatic rings. The maximum absolute atomic E-state index is 13.8. The second kappa shape index (κ2) is 5.97. The van der Waals surface area contributed by atoms with E-state index >= 15 is 0 Å². The fraction of sp³-hybridized carbons (Fsp3) is 0.583. The molecule has 0 bridgehead atoms. The first-order chi connectivity index (χ1) is 8.74. The summed E-state index contributed by atoms with van der Waals surface area (Å²) in [6.07, 6.45) is -0.0591. The third-order valence-corrected chi connectivity index (χ3v) is 2.80. The third kappa shape index (κ3) is 2.88. The monoisotopic (exact) mass is 256 g/mol. The zero-order chi connectivity index (χ0) is 13.0. The smallest absolute Gasteiger partial charge is 0.215 e. The minimum Gasteiger partial charge on any atom is -0.481 e. The molecule has 0 amide bonds. The number of halogens is 1. The van der Waals surface area contributed by atoms with E-state index < -0.39 is 0 Å². The van der Waals surface area contributed by atoms with E-state index in [9.17, 15) is 4.39 Å². The molecule has 0 unspecified atom stereocenters. The Morgan fingerprint density at radius 1 is 1.50 bits per heavy atom. The SMILES string of the molecule is COC[C@@H]1CN(c2nc(OC)ccc2F)CCO1. The molecule has 0 saturated carbocycles. The summed E-state index contributed by atoms with van der Waals surface area (Å²) in [6.45, 7) is 2.19. The maximum Gasteiger partial charge on any atom is 0.215 e. The molecule has 0 radical (unpaired) electrons. The minimum absolute atomic E-state index is 0.0591. The first kappa shape index (κ1) is 13.0. The van der Waals surface area contributed by atoms with Crippen molar-refractivity contribution in [2.45, 2.75) is 6.10 Å². The molecule has 0 spiro atoms. The summed E-state index contributed by atoms with van der Waals surface area (Å²) in [5.41, 5.74) is 0. The van der Waals surface area contributed by atoms with E-state index in [1.54, 1.807) is 7.11 Å². The van der Waals surface area contributed by atoms with Crippen LogP contribution in [0, 0.1) is 5.82 Å². The molecular formula is C12H17FN2O3. The van der Waals surface area contributed by atoms with Crippen LogP contribution < -0.4 is 9.64 Å². The van der Waals surface area contributed by atoms with E-state index in [1.165, 1.54) is 19.2 Å². The van der Waals surface area contributed by atoms with Crippen LogP contribution in [-0.4, -0.2) is 51.6 Å². The highest BCUT2D eigenvalue weighted by atomic mass is 19.1. The van der Waals surface area contributed by atoms with E-state index in [1.807, 2.05) is 4.90 Å². The molecule has 1 aliphatic heterocycles. The van der Waals surface area contributed by atoms with Crippen molar-refractivity contribution in [1.82, 2.24) is 4.98 Å². The minimum atomic E-state index is -0.353. The summed E-state index contributed by atoms with van der Waals surface area (Å²) >= 11 is 0. The van der Waals surface area contributed by atoms with E-state index in [-0.39, 0.29) is 11.9 Å². The van der Waals surface area contributed by atoms with Gasteiger partial charge in [0.2, 0.25) is 5.88 Å². The van der Waals surface area contributed by atoms with Gasteiger partial charge in [-0.3, -0.25) is 0 Å². The van der Waals surface area contributed by atoms with Crippen molar-refractivity contribution in [2.75, 3.05) is 45.4 Å². The Balaban J connectivity index is 2.14. The molecule has 0 N–H and O–H groups in total. The summed E-state index contributed by atoms with van der Waals surface area (Å²) in [5, 5.41) is 0. The number of aromatic nitrogens is 1. The molecule has 1 aromatic rings. The Labute approximate surface area is 105 Å². The number of hydrogen-bond donors (Lipinski definition) is 0. The molecule has 6 heteroatoms. The lowest BCUT2D eigenvalue weighted by Crippen LogP contribution is -2.45. The molecule has 100 valence electrons. The highest BCUT2D eigenvalue weighted by molar-refractivity contribution is 5.43. The van der Waals surface area contributed by atoms with Gasteiger partial charge in [0, 0.05) is 26.3 Å². The Bertz CT molecular complexity index is 401. The molecule has 18 heavy (non-hydrogen) atoms. The van der Waals surface area contributed by atoms with Crippen molar-refractivity contribution < 1.29 is 18.6 Å². The van der Waals surface area contributed by atoms with Crippen LogP contribution in [0.1, 0.15) is 0 Å². The molecule has 1 aromatic heterocycles. The number of anilines is 1. The average molecular weight is 256 g/mol. The van der Waals surface area contributed by atoms with Gasteiger partial charge >= 0.3 is 0 Å². The molecule has 1 fully saturated rings. The van der Waals surface area contributed by atoms with Gasteiger partial charge in [-0.15, -0.1) is 0 Å². The average Bonchev–Trinajstić information content (AvgIpc) is 2.40. The van der Waals surface area contributed by atoms with Crippen LogP contribution in [-0.2, 0) is 9.47 Å². The Kier molecular flexibility index (Phi) is 4.33. The number of pyridine rings is 1. The lowest BCUT2D eigenvalue weighted by Gasteiger charge is -2.33. The van der Waals surface area contributed by atoms with E-state index in [0.717, 1.165) is 0 Å². The van der Waals surface area contributed by atoms with Crippen molar-refractivity contribution in [3.05, 3.63) is 17.9 Å². The Morgan fingerprint density at radius 2 is 2.33 bits per heavy atom. The summed E-state index contributed by atoms with van der Waals surface area (Å²) in [6, 6.07) is 2.87. The largest absolute Gasteiger partial charge is 0.481 e. The lowest BCUT2D eigenvalue weighted by atomic mass is 10.2. The Hall–Kier alpha value is -1.40. The summed E-state index contributed by atoms with van der Waals surface area (Å²) in [5.74, 6) is 0.355. The van der Waals surface area contributed by atoms with Crippen molar-refractivity contribution in [1.29, 1.82) is 0 Å². The van der Waals surface area contributed by atoms with Gasteiger partial charge < -0.3 is 19.1 Å². The van der Waals surface area contributed by atoms with Crippen LogP contribution in [0.15, 0.2) is 12.1 Å². The fourth-order valence-electron chi connectivity index (χ4n) is 1.95. The number of morpholine rings is 1. The molecule has 1 atom stereocenters. The molecule has 2 rings (SSSR count). The van der Waals surface area contributed by atoms with Crippen molar-refractivity contribution in [3.63, 3.8) is 0 Å². The van der Waals surface area contributed by atoms with Crippen LogP contribution in [0.25, 0.3) is 0 Å². The third-order valence-electron chi connectivity index (χ3n) is 2.80. The quantitative estimate of drug-likeness (QED) is 0.806. The van der Waals surface area contributed by atoms with Crippen LogP contribution in [0.5, 0.6) is 5.88 Å². The molecular weight excluding hydrogens is 239 g/mol. The highest BCUT2D eigenvalue weighted by Crippen LogP contribution is 2.22. The molecule has 5 nitrogen and oxygen atoms in total. The zero-order valence-electron chi connectivity index (χ0n) is 10.6. The van der Waals surface area contributed by atoms with E-state index in [2.05, 4.69) is 4.98 Å². The lowest BCUT2D eigenvalue weighted by molar-refractivity contribution is -0.0104. The second-order valence-electron chi connectivity index (χ2n) is 4.05. The molecule has 0 aliphatic carbocycles. The van der Waals surface area contributed by atoms with Crippen molar-refractivity contribution in [2.24, 2.45) is 0 Å². The topological polar surface area (TPSA) is 43.8 Å². The van der Waals surface area contributed by atoms with Gasteiger partial charge in [-0.25, -0.2) is 4.39 Å². The number of methoxy groups -OCH3 is 2. The first-order valence-electron chi connectivity index (χ1n) is 5.80. The van der Waals surface area contributed by atoms with Gasteiger partial charge in [0.05, 0.1) is 26.4 Å². The fourth-order valence-corrected chi connectivity index (χ4v) is 1.95. The molecule has 2 heterocycles. The number of hydrogen-bond acceptors (Lipinski definition) is 5. The van der Waals surface area contributed by atoms with Crippen molar-refractivity contribution >= 4 is 5.82 Å². The van der Waals surface area contributed by atoms with Gasteiger partial charge in [0.15, 0.2) is 11.6 Å². The van der Waals surface area contributed by atoms with Crippen molar-refractivity contribution in [3.8, 4) is 5.88 Å². The second-order valence-corrected chi connectivity index (χ2v) is 4.05. The molecule has 1 saturated heterocycles. The number of ether oxygens (including phenoxy) is 3. The maximum atomic E-state index is 13.8. The first-order valence-corrected chi connectivity index (χ1v) is 5.80. The number of nitrogens with zero attached hydrogens (tertiary/aromatic N) is 2. The van der Waals surface area contributed by atoms with Gasteiger partial charge in [-0.1, -0.05) is 0 Å². The number of rotatable bonds is 4. The van der Waals surface area contributed by atoms with Gasteiger partial charge in [-0.2, -0.15) is 4.98 Å². The van der Waals surface area contributed by atoms with Crippen LogP contribution in [0.2, 0.25) is 0 Å². The summed E-state index contributed by atoms with van der Waals surface area (Å²) < 4.78 is 29.4. The normalized spacial score (nSPS) is 19.9. The van der Waals surface area contributed by atoms with E-state index in [4.69, 9.17) is 14.2 Å². The predicted octanol–water partition coefficient (Wildman–Crippen LogP) is 1.08. The highest BCUT2D eigenvalue weighted by Gasteiger charge is 2.23. The van der Waals surface area contributed by atoms with Gasteiger partial charge in [-0.05, 0) is 6.07 Å². The van der Waals surface area contributed by atoms with Crippen LogP contribution in [0.4, 0.5) is 10.2 Å². The van der Waals surface area contributed by atoms with Gasteiger partial charge in [0.25, 0.3) is 0 Å². The Morgan fingerprint density at radius 3 is 3.06 bits per heavy atom. The predicted molar refractivity (Wildman–Crippen MR) is 64.6 cm³/mol. The van der Waals surface area contributed by atoms with E-state index in [0.29, 0.717) is 38.0 Å². The van der Waals surface area contributed by atoms with Gasteiger partial charge in [0.1, 0.15) is 0 Å². The summed E-state index contributed by atoms with van der Waals surface area (Å²) in [7, 11) is 3.13. The zero-order valence-corrected chi connectivity index (χ0v) is 10.6. The van der Waals surface area contributed by atoms with Crippen LogP contribution in [0.3, 0.4) is 0 Å². The summed E-state index contributed by atoms with van der Waals surface area (Å²) in [4.78, 5) is 5.99. The van der Waals surface area contributed by atoms with Crippen LogP contribution >= 0.6 is 0 Å². The molecule has 0 aromatic carbocycles. The standard InChI is InChI=1S/C12H17FN2O3/c1-16-8-9-7-15(5-6-18-9)12-10(13)3-4-11(14-12)17-2/h3-4,9H,5-8H2,1-2H3/t9-/m0/s1.